The fourth-order valence-corrected chi connectivity index (χ4v) is 10.3. The molecule has 0 aromatic heterocycles. The van der Waals surface area contributed by atoms with Crippen LogP contribution in [0.5, 0.6) is 0 Å². The van der Waals surface area contributed by atoms with Gasteiger partial charge in [0.25, 0.3) is 0 Å². The van der Waals surface area contributed by atoms with E-state index < -0.39 is 0 Å². The molecule has 12 aromatic carbocycles. The molecule has 0 aliphatic rings. The van der Waals surface area contributed by atoms with Crippen molar-refractivity contribution >= 4 is 38.6 Å². The minimum absolute atomic E-state index is 1.06. The van der Waals surface area contributed by atoms with Crippen molar-refractivity contribution in [1.29, 1.82) is 0 Å². The maximum absolute atomic E-state index is 2.53. The third-order valence-electron chi connectivity index (χ3n) is 13.5. The number of nitrogens with zero attached hydrogens (tertiary/aromatic N) is 1. The lowest BCUT2D eigenvalue weighted by atomic mass is 9.84. The van der Waals surface area contributed by atoms with Crippen LogP contribution in [0.3, 0.4) is 0 Å². The van der Waals surface area contributed by atoms with Gasteiger partial charge in [0, 0.05) is 27.9 Å². The number of fused-ring (bicyclic) bond motifs is 3. The highest BCUT2D eigenvalue weighted by Crippen LogP contribution is 2.53. The molecule has 0 fully saturated rings. The Bertz CT molecular complexity index is 3480. The van der Waals surface area contributed by atoms with Crippen LogP contribution in [0, 0.1) is 0 Å². The number of rotatable bonds is 10. The first-order chi connectivity index (χ1) is 34.3. The summed E-state index contributed by atoms with van der Waals surface area (Å²) in [5.41, 5.74) is 19.7. The molecule has 12 aromatic rings. The van der Waals surface area contributed by atoms with Crippen LogP contribution in [-0.2, 0) is 0 Å². The highest BCUT2D eigenvalue weighted by Gasteiger charge is 2.27. The molecule has 69 heavy (non-hydrogen) atoms. The summed E-state index contributed by atoms with van der Waals surface area (Å²) in [6.07, 6.45) is 0. The Morgan fingerprint density at radius 2 is 0.507 bits per heavy atom. The van der Waals surface area contributed by atoms with Gasteiger partial charge >= 0.3 is 0 Å². The molecule has 0 unspecified atom stereocenters. The summed E-state index contributed by atoms with van der Waals surface area (Å²) in [5, 5.41) is 4.96. The number of benzene rings is 12. The quantitative estimate of drug-likeness (QED) is 0.124. The molecule has 0 heterocycles. The Morgan fingerprint density at radius 3 is 0.899 bits per heavy atom. The van der Waals surface area contributed by atoms with Crippen LogP contribution in [0.1, 0.15) is 0 Å². The molecule has 0 saturated heterocycles. The summed E-state index contributed by atoms with van der Waals surface area (Å²) in [5.74, 6) is 0. The standard InChI is InChI=1S/C68H47N/c1-7-23-49(24-8-1)57-37-21-38-58(50-25-9-2-10-26-50)67(57)69(68-59(51-27-11-3-12-28-51)39-22-40-60(68)52-29-13-4-14-30-52)56-44-41-48(42-45-56)55-43-46-63-64(47-55)61-35-19-20-36-62(61)65(53-31-15-5-16-32-53)66(63)54-33-17-6-18-34-54/h1-47H. The van der Waals surface area contributed by atoms with Gasteiger partial charge in [-0.25, -0.2) is 0 Å². The zero-order chi connectivity index (χ0) is 45.9. The van der Waals surface area contributed by atoms with Crippen molar-refractivity contribution in [3.63, 3.8) is 0 Å². The fraction of sp³-hybridized carbons (Fsp3) is 0. The van der Waals surface area contributed by atoms with Gasteiger partial charge in [0.05, 0.1) is 11.4 Å². The Hall–Kier alpha value is -9.04. The smallest absolute Gasteiger partial charge is 0.0618 e. The molecule has 0 saturated carbocycles. The molecule has 0 atom stereocenters. The average Bonchev–Trinajstić information content (AvgIpc) is 3.44. The number of para-hydroxylation sites is 2. The lowest BCUT2D eigenvalue weighted by molar-refractivity contribution is 1.28. The maximum Gasteiger partial charge on any atom is 0.0618 e. The summed E-state index contributed by atoms with van der Waals surface area (Å²) in [6.45, 7) is 0. The molecule has 1 nitrogen and oxygen atoms in total. The highest BCUT2D eigenvalue weighted by molar-refractivity contribution is 6.22. The molecule has 0 bridgehead atoms. The van der Waals surface area contributed by atoms with Gasteiger partial charge < -0.3 is 4.90 Å². The van der Waals surface area contributed by atoms with Gasteiger partial charge in [0.2, 0.25) is 0 Å². The molecule has 12 rings (SSSR count). The first kappa shape index (κ1) is 41.4. The number of anilines is 3. The van der Waals surface area contributed by atoms with E-state index in [9.17, 15) is 0 Å². The minimum Gasteiger partial charge on any atom is -0.308 e. The number of hydrogen-bond donors (Lipinski definition) is 0. The minimum atomic E-state index is 1.06. The second-order valence-corrected chi connectivity index (χ2v) is 17.5. The molecule has 0 aliphatic heterocycles. The zero-order valence-corrected chi connectivity index (χ0v) is 38.1. The van der Waals surface area contributed by atoms with Gasteiger partial charge in [-0.2, -0.15) is 0 Å². The highest BCUT2D eigenvalue weighted by atomic mass is 15.2. The van der Waals surface area contributed by atoms with Crippen molar-refractivity contribution in [2.45, 2.75) is 0 Å². The van der Waals surface area contributed by atoms with Crippen molar-refractivity contribution in [2.75, 3.05) is 4.90 Å². The van der Waals surface area contributed by atoms with E-state index in [0.29, 0.717) is 0 Å². The first-order valence-electron chi connectivity index (χ1n) is 23.8. The molecular weight excluding hydrogens is 831 g/mol. The summed E-state index contributed by atoms with van der Waals surface area (Å²) >= 11 is 0. The van der Waals surface area contributed by atoms with Crippen LogP contribution < -0.4 is 4.90 Å². The molecule has 324 valence electrons. The van der Waals surface area contributed by atoms with Crippen LogP contribution in [0.4, 0.5) is 17.1 Å². The van der Waals surface area contributed by atoms with Gasteiger partial charge in [-0.1, -0.05) is 267 Å². The fourth-order valence-electron chi connectivity index (χ4n) is 10.3. The van der Waals surface area contributed by atoms with Crippen LogP contribution in [0.25, 0.3) is 99.4 Å². The Balaban J connectivity index is 1.11. The van der Waals surface area contributed by atoms with Crippen molar-refractivity contribution in [3.8, 4) is 77.9 Å². The van der Waals surface area contributed by atoms with Gasteiger partial charge in [-0.15, -0.1) is 0 Å². The predicted octanol–water partition coefficient (Wildman–Crippen LogP) is 19.1. The van der Waals surface area contributed by atoms with Crippen molar-refractivity contribution in [3.05, 3.63) is 285 Å². The van der Waals surface area contributed by atoms with Crippen LogP contribution in [0.2, 0.25) is 0 Å². The van der Waals surface area contributed by atoms with E-state index in [0.717, 1.165) is 67.1 Å². The molecule has 0 radical (unpaired) electrons. The predicted molar refractivity (Wildman–Crippen MR) is 294 cm³/mol. The van der Waals surface area contributed by atoms with E-state index in [1.54, 1.807) is 0 Å². The monoisotopic (exact) mass is 877 g/mol. The summed E-state index contributed by atoms with van der Waals surface area (Å²) in [4.78, 5) is 2.53. The van der Waals surface area contributed by atoms with Crippen molar-refractivity contribution in [1.82, 2.24) is 0 Å². The summed E-state index contributed by atoms with van der Waals surface area (Å²) in [7, 11) is 0. The Labute approximate surface area is 404 Å². The zero-order valence-electron chi connectivity index (χ0n) is 38.1. The SMILES string of the molecule is c1ccc(-c2cccc(-c3ccccc3)c2N(c2ccc(-c3ccc4c(-c5ccccc5)c(-c5ccccc5)c5ccccc5c4c3)cc2)c2c(-c3ccccc3)cccc2-c2ccccc2)cc1. The first-order valence-corrected chi connectivity index (χ1v) is 23.8. The summed E-state index contributed by atoms with van der Waals surface area (Å²) in [6, 6.07) is 104. The van der Waals surface area contributed by atoms with E-state index in [1.807, 2.05) is 0 Å². The van der Waals surface area contributed by atoms with E-state index in [-0.39, 0.29) is 0 Å². The third-order valence-corrected chi connectivity index (χ3v) is 13.5. The molecule has 1 heteroatoms. The van der Waals surface area contributed by atoms with Crippen LogP contribution >= 0.6 is 0 Å². The van der Waals surface area contributed by atoms with Gasteiger partial charge in [0.1, 0.15) is 0 Å². The van der Waals surface area contributed by atoms with Crippen LogP contribution in [-0.4, -0.2) is 0 Å². The molecule has 0 spiro atoms. The van der Waals surface area contributed by atoms with E-state index >= 15 is 0 Å². The van der Waals surface area contributed by atoms with Gasteiger partial charge in [0.15, 0.2) is 0 Å². The van der Waals surface area contributed by atoms with Gasteiger partial charge in [-0.05, 0) is 95.4 Å². The lowest BCUT2D eigenvalue weighted by Gasteiger charge is -2.34. The Morgan fingerprint density at radius 1 is 0.188 bits per heavy atom. The van der Waals surface area contributed by atoms with E-state index in [2.05, 4.69) is 290 Å². The molecule has 0 aliphatic carbocycles. The van der Waals surface area contributed by atoms with Crippen molar-refractivity contribution < 1.29 is 0 Å². The van der Waals surface area contributed by atoms with Gasteiger partial charge in [-0.3, -0.25) is 0 Å². The average molecular weight is 878 g/mol. The maximum atomic E-state index is 2.53. The second-order valence-electron chi connectivity index (χ2n) is 17.5. The third kappa shape index (κ3) is 7.76. The molecular formula is C68H47N. The second kappa shape index (κ2) is 18.3. The number of hydrogen-bond acceptors (Lipinski definition) is 1. The van der Waals surface area contributed by atoms with E-state index in [4.69, 9.17) is 0 Å². The lowest BCUT2D eigenvalue weighted by Crippen LogP contribution is -2.15. The van der Waals surface area contributed by atoms with E-state index in [1.165, 1.54) is 49.4 Å². The largest absolute Gasteiger partial charge is 0.308 e. The molecule has 0 amide bonds. The molecule has 0 N–H and O–H groups in total. The topological polar surface area (TPSA) is 3.24 Å². The van der Waals surface area contributed by atoms with Crippen LogP contribution in [0.15, 0.2) is 285 Å². The summed E-state index contributed by atoms with van der Waals surface area (Å²) < 4.78 is 0. The van der Waals surface area contributed by atoms with Crippen molar-refractivity contribution in [2.24, 2.45) is 0 Å². The Kier molecular flexibility index (Phi) is 11.0. The normalized spacial score (nSPS) is 11.2.